The predicted octanol–water partition coefficient (Wildman–Crippen LogP) is -1.40. The van der Waals surface area contributed by atoms with Crippen LogP contribution in [0.1, 0.15) is 12.8 Å². The van der Waals surface area contributed by atoms with Crippen LogP contribution in [0, 0.1) is 0 Å². The lowest BCUT2D eigenvalue weighted by molar-refractivity contribution is -0.137. The van der Waals surface area contributed by atoms with Gasteiger partial charge in [0.2, 0.25) is 0 Å². The summed E-state index contributed by atoms with van der Waals surface area (Å²) in [4.78, 5) is 0. The van der Waals surface area contributed by atoms with Gasteiger partial charge in [-0.15, -0.1) is 0 Å². The monoisotopic (exact) mass is 190 g/mol. The zero-order valence-electron chi connectivity index (χ0n) is 7.17. The number of hydrogen-bond donors (Lipinski definition) is 3. The molecule has 0 amide bonds. The van der Waals surface area contributed by atoms with Crippen molar-refractivity contribution in [2.24, 2.45) is 0 Å². The highest BCUT2D eigenvalue weighted by molar-refractivity contribution is 4.86. The molecular formula is C8H14O5. The molecular weight excluding hydrogens is 176 g/mol. The fourth-order valence-corrected chi connectivity index (χ4v) is 1.33. The summed E-state index contributed by atoms with van der Waals surface area (Å²) >= 11 is 0. The second kappa shape index (κ2) is 3.51. The summed E-state index contributed by atoms with van der Waals surface area (Å²) in [7, 11) is 0. The van der Waals surface area contributed by atoms with Crippen LogP contribution in [-0.4, -0.2) is 52.6 Å². The third-order valence-corrected chi connectivity index (χ3v) is 2.36. The maximum absolute atomic E-state index is 9.35. The second-order valence-electron chi connectivity index (χ2n) is 3.58. The molecule has 0 aromatic carbocycles. The number of ether oxygens (including phenoxy) is 2. The molecule has 4 atom stereocenters. The van der Waals surface area contributed by atoms with Gasteiger partial charge in [-0.05, 0) is 12.8 Å². The summed E-state index contributed by atoms with van der Waals surface area (Å²) in [5.74, 6) is 0. The molecule has 2 fully saturated rings. The van der Waals surface area contributed by atoms with Gasteiger partial charge in [0.15, 0.2) is 6.29 Å². The molecule has 2 rings (SSSR count). The van der Waals surface area contributed by atoms with Crippen LogP contribution in [0.2, 0.25) is 0 Å². The lowest BCUT2D eigenvalue weighted by Crippen LogP contribution is -2.34. The Morgan fingerprint density at radius 2 is 1.85 bits per heavy atom. The summed E-state index contributed by atoms with van der Waals surface area (Å²) in [5.41, 5.74) is 0. The average Bonchev–Trinajstić information content (AvgIpc) is 2.89. The molecule has 0 radical (unpaired) electrons. The molecule has 1 saturated carbocycles. The lowest BCUT2D eigenvalue weighted by atomic mass is 10.1. The molecule has 0 bridgehead atoms. The zero-order valence-corrected chi connectivity index (χ0v) is 7.17. The van der Waals surface area contributed by atoms with Crippen LogP contribution in [0.3, 0.4) is 0 Å². The number of aliphatic hydroxyl groups is 3. The van der Waals surface area contributed by atoms with Gasteiger partial charge in [-0.25, -0.2) is 0 Å². The third-order valence-electron chi connectivity index (χ3n) is 2.36. The van der Waals surface area contributed by atoms with Crippen molar-refractivity contribution in [3.63, 3.8) is 0 Å². The van der Waals surface area contributed by atoms with Crippen LogP contribution in [0.5, 0.6) is 0 Å². The molecule has 5 nitrogen and oxygen atoms in total. The van der Waals surface area contributed by atoms with Crippen LogP contribution >= 0.6 is 0 Å². The van der Waals surface area contributed by atoms with Crippen LogP contribution in [0.25, 0.3) is 0 Å². The van der Waals surface area contributed by atoms with Gasteiger partial charge >= 0.3 is 0 Å². The molecule has 3 N–H and O–H groups in total. The van der Waals surface area contributed by atoms with E-state index in [0.717, 1.165) is 12.8 Å². The molecule has 1 heterocycles. The molecule has 1 saturated heterocycles. The minimum Gasteiger partial charge on any atom is -0.387 e. The van der Waals surface area contributed by atoms with E-state index in [9.17, 15) is 5.11 Å². The van der Waals surface area contributed by atoms with E-state index in [1.165, 1.54) is 0 Å². The summed E-state index contributed by atoms with van der Waals surface area (Å²) in [6.07, 6.45) is -1.78. The first kappa shape index (κ1) is 9.36. The lowest BCUT2D eigenvalue weighted by Gasteiger charge is -2.13. The Labute approximate surface area is 75.9 Å². The van der Waals surface area contributed by atoms with Gasteiger partial charge in [0, 0.05) is 0 Å². The summed E-state index contributed by atoms with van der Waals surface area (Å²) in [5, 5.41) is 27.5. The topological polar surface area (TPSA) is 79.2 Å². The smallest absolute Gasteiger partial charge is 0.184 e. The van der Waals surface area contributed by atoms with Gasteiger partial charge < -0.3 is 24.8 Å². The molecule has 0 aromatic rings. The van der Waals surface area contributed by atoms with Crippen LogP contribution in [0.4, 0.5) is 0 Å². The zero-order chi connectivity index (χ0) is 9.42. The molecule has 0 aromatic heterocycles. The van der Waals surface area contributed by atoms with E-state index in [0.29, 0.717) is 0 Å². The van der Waals surface area contributed by atoms with Crippen molar-refractivity contribution in [3.05, 3.63) is 0 Å². The van der Waals surface area contributed by atoms with Crippen molar-refractivity contribution in [1.29, 1.82) is 0 Å². The SMILES string of the molecule is OC1O[C@H](COC2CC2)[C@@H](O)[C@H]1O. The highest BCUT2D eigenvalue weighted by Gasteiger charge is 2.42. The average molecular weight is 190 g/mol. The second-order valence-corrected chi connectivity index (χ2v) is 3.58. The van der Waals surface area contributed by atoms with Crippen LogP contribution in [0.15, 0.2) is 0 Å². The Balaban J connectivity index is 1.78. The van der Waals surface area contributed by atoms with Crippen LogP contribution in [-0.2, 0) is 9.47 Å². The van der Waals surface area contributed by atoms with Crippen molar-refractivity contribution >= 4 is 0 Å². The molecule has 5 heteroatoms. The molecule has 0 spiro atoms. The third kappa shape index (κ3) is 2.00. The van der Waals surface area contributed by atoms with Crippen LogP contribution < -0.4 is 0 Å². The minimum absolute atomic E-state index is 0.236. The summed E-state index contributed by atoms with van der Waals surface area (Å²) in [6, 6.07) is 0. The largest absolute Gasteiger partial charge is 0.387 e. The number of rotatable bonds is 3. The quantitative estimate of drug-likeness (QED) is 0.510. The molecule has 1 aliphatic heterocycles. The van der Waals surface area contributed by atoms with Gasteiger partial charge in [0.05, 0.1) is 12.7 Å². The van der Waals surface area contributed by atoms with Gasteiger partial charge in [0.1, 0.15) is 18.3 Å². The Hall–Kier alpha value is -0.200. The fraction of sp³-hybridized carbons (Fsp3) is 1.00. The van der Waals surface area contributed by atoms with Gasteiger partial charge in [0.25, 0.3) is 0 Å². The summed E-state index contributed by atoms with van der Waals surface area (Å²) in [6.45, 7) is 0.236. The molecule has 1 aliphatic carbocycles. The van der Waals surface area contributed by atoms with E-state index in [1.54, 1.807) is 0 Å². The van der Waals surface area contributed by atoms with Gasteiger partial charge in [-0.2, -0.15) is 0 Å². The Morgan fingerprint density at radius 1 is 1.15 bits per heavy atom. The predicted molar refractivity (Wildman–Crippen MR) is 41.9 cm³/mol. The van der Waals surface area contributed by atoms with Crippen molar-refractivity contribution in [1.82, 2.24) is 0 Å². The van der Waals surface area contributed by atoms with E-state index in [1.807, 2.05) is 0 Å². The highest BCUT2D eigenvalue weighted by Crippen LogP contribution is 2.26. The molecule has 76 valence electrons. The molecule has 2 aliphatic rings. The Morgan fingerprint density at radius 3 is 2.31 bits per heavy atom. The minimum atomic E-state index is -1.29. The Kier molecular flexibility index (Phi) is 2.53. The van der Waals surface area contributed by atoms with E-state index in [4.69, 9.17) is 19.7 Å². The summed E-state index contributed by atoms with van der Waals surface area (Å²) < 4.78 is 10.2. The van der Waals surface area contributed by atoms with Crippen molar-refractivity contribution in [2.45, 2.75) is 43.5 Å². The maximum Gasteiger partial charge on any atom is 0.184 e. The van der Waals surface area contributed by atoms with E-state index < -0.39 is 24.6 Å². The fourth-order valence-electron chi connectivity index (χ4n) is 1.33. The van der Waals surface area contributed by atoms with Crippen molar-refractivity contribution in [2.75, 3.05) is 6.61 Å². The number of hydrogen-bond acceptors (Lipinski definition) is 5. The molecule has 13 heavy (non-hydrogen) atoms. The first-order chi connectivity index (χ1) is 6.18. The van der Waals surface area contributed by atoms with E-state index in [2.05, 4.69) is 0 Å². The van der Waals surface area contributed by atoms with Gasteiger partial charge in [-0.1, -0.05) is 0 Å². The first-order valence-electron chi connectivity index (χ1n) is 4.50. The maximum atomic E-state index is 9.35. The van der Waals surface area contributed by atoms with E-state index in [-0.39, 0.29) is 12.7 Å². The van der Waals surface area contributed by atoms with E-state index >= 15 is 0 Å². The normalized spacial score (nSPS) is 45.5. The van der Waals surface area contributed by atoms with Gasteiger partial charge in [-0.3, -0.25) is 0 Å². The molecule has 1 unspecified atom stereocenters. The van der Waals surface area contributed by atoms with Crippen molar-refractivity contribution in [3.8, 4) is 0 Å². The van der Waals surface area contributed by atoms with Crippen molar-refractivity contribution < 1.29 is 24.8 Å². The standard InChI is InChI=1S/C8H14O5/c9-6-5(3-12-4-1-2-4)13-8(11)7(6)10/h4-11H,1-3H2/t5-,6-,7-,8?/m1/s1. The first-order valence-corrected chi connectivity index (χ1v) is 4.50. The Bertz CT molecular complexity index is 181. The highest BCUT2D eigenvalue weighted by atomic mass is 16.7. The number of aliphatic hydroxyl groups excluding tert-OH is 3.